The van der Waals surface area contributed by atoms with Gasteiger partial charge in [-0.2, -0.15) is 5.10 Å². The van der Waals surface area contributed by atoms with Gasteiger partial charge in [0.15, 0.2) is 11.5 Å². The molecule has 0 aliphatic carbocycles. The predicted molar refractivity (Wildman–Crippen MR) is 134 cm³/mol. The Hall–Kier alpha value is -4.64. The number of amides is 1. The molecule has 5 aromatic rings. The Balaban J connectivity index is 1.45. The van der Waals surface area contributed by atoms with E-state index in [-0.39, 0.29) is 40.0 Å². The van der Waals surface area contributed by atoms with Gasteiger partial charge in [0.1, 0.15) is 40.6 Å². The van der Waals surface area contributed by atoms with E-state index >= 15 is 0 Å². The van der Waals surface area contributed by atoms with E-state index in [9.17, 15) is 14.3 Å². The van der Waals surface area contributed by atoms with Gasteiger partial charge in [-0.15, -0.1) is 0 Å². The van der Waals surface area contributed by atoms with Gasteiger partial charge in [-0.05, 0) is 42.3 Å². The summed E-state index contributed by atoms with van der Waals surface area (Å²) in [4.78, 5) is 31.2. The van der Waals surface area contributed by atoms with E-state index in [4.69, 9.17) is 22.3 Å². The van der Waals surface area contributed by atoms with Gasteiger partial charge >= 0.3 is 0 Å². The molecule has 37 heavy (non-hydrogen) atoms. The molecule has 4 heterocycles. The van der Waals surface area contributed by atoms with Gasteiger partial charge in [0.25, 0.3) is 0 Å². The summed E-state index contributed by atoms with van der Waals surface area (Å²) < 4.78 is 14.9. The second-order valence-electron chi connectivity index (χ2n) is 8.81. The van der Waals surface area contributed by atoms with Crippen molar-refractivity contribution in [3.05, 3.63) is 88.2 Å². The lowest BCUT2D eigenvalue weighted by atomic mass is 9.77. The van der Waals surface area contributed by atoms with Crippen LogP contribution in [-0.4, -0.2) is 40.6 Å². The van der Waals surface area contributed by atoms with E-state index in [1.165, 1.54) is 30.6 Å². The Kier molecular flexibility index (Phi) is 5.06. The maximum atomic E-state index is 13.4. The van der Waals surface area contributed by atoms with Gasteiger partial charge in [-0.1, -0.05) is 29.8 Å². The standard InChI is InChI=1S/C25H18ClFN8O2/c1-25(13-4-7-18(36)15(26)9-13)19-20(28)32-21(33-22(19)34-24(25)37)17-10-35-23(29-11-30-35)16(31-17)8-12-2-5-14(27)6-3-12/h2-7,9-11,36H,8H2,1H3,(H3,28,32,33,34,37)/t25-/m0/s1. The van der Waals surface area contributed by atoms with Crippen LogP contribution in [0.2, 0.25) is 5.02 Å². The van der Waals surface area contributed by atoms with E-state index < -0.39 is 5.41 Å². The third-order valence-electron chi connectivity index (χ3n) is 6.49. The van der Waals surface area contributed by atoms with Crippen LogP contribution in [-0.2, 0) is 16.6 Å². The molecule has 6 rings (SSSR count). The highest BCUT2D eigenvalue weighted by atomic mass is 35.5. The van der Waals surface area contributed by atoms with Crippen LogP contribution in [0.5, 0.6) is 5.75 Å². The molecule has 0 saturated heterocycles. The number of aromatic nitrogens is 6. The number of halogens is 2. The Morgan fingerprint density at radius 1 is 1.16 bits per heavy atom. The Morgan fingerprint density at radius 3 is 2.70 bits per heavy atom. The van der Waals surface area contributed by atoms with E-state index in [1.807, 2.05) is 0 Å². The maximum Gasteiger partial charge on any atom is 0.240 e. The van der Waals surface area contributed by atoms with Crippen LogP contribution in [0.3, 0.4) is 0 Å². The first kappa shape index (κ1) is 22.8. The Bertz CT molecular complexity index is 1720. The summed E-state index contributed by atoms with van der Waals surface area (Å²) >= 11 is 6.11. The summed E-state index contributed by atoms with van der Waals surface area (Å²) in [6, 6.07) is 10.6. The first-order valence-corrected chi connectivity index (χ1v) is 11.5. The fourth-order valence-corrected chi connectivity index (χ4v) is 4.71. The summed E-state index contributed by atoms with van der Waals surface area (Å²) in [5.41, 5.74) is 8.40. The number of nitrogens with one attached hydrogen (secondary N) is 1. The molecule has 4 N–H and O–H groups in total. The molecule has 0 fully saturated rings. The number of benzene rings is 2. The quantitative estimate of drug-likeness (QED) is 0.329. The second-order valence-corrected chi connectivity index (χ2v) is 9.21. The average molecular weight is 517 g/mol. The molecule has 184 valence electrons. The lowest BCUT2D eigenvalue weighted by Crippen LogP contribution is -2.33. The fourth-order valence-electron chi connectivity index (χ4n) is 4.53. The number of aromatic hydroxyl groups is 1. The summed E-state index contributed by atoms with van der Waals surface area (Å²) in [6.07, 6.45) is 3.39. The molecule has 0 bridgehead atoms. The van der Waals surface area contributed by atoms with Crippen LogP contribution in [0.25, 0.3) is 17.2 Å². The molecular formula is C25H18ClFN8O2. The molecule has 1 amide bonds. The van der Waals surface area contributed by atoms with Crippen LogP contribution in [0.1, 0.15) is 29.3 Å². The summed E-state index contributed by atoms with van der Waals surface area (Å²) in [5, 5.41) is 16.9. The fraction of sp³-hybridized carbons (Fsp3) is 0.120. The molecule has 0 spiro atoms. The summed E-state index contributed by atoms with van der Waals surface area (Å²) in [6.45, 7) is 1.69. The number of phenolic OH excluding ortho intramolecular Hbond substituents is 1. The number of hydrogen-bond donors (Lipinski definition) is 3. The van der Waals surface area contributed by atoms with Crippen molar-refractivity contribution in [2.45, 2.75) is 18.8 Å². The zero-order valence-corrected chi connectivity index (χ0v) is 20.0. The zero-order chi connectivity index (χ0) is 25.9. The van der Waals surface area contributed by atoms with Gasteiger partial charge in [0.2, 0.25) is 5.91 Å². The third kappa shape index (κ3) is 3.62. The highest BCUT2D eigenvalue weighted by Gasteiger charge is 2.47. The normalized spacial score (nSPS) is 16.7. The van der Waals surface area contributed by atoms with Gasteiger partial charge in [0, 0.05) is 6.42 Å². The number of nitrogen functional groups attached to an aromatic ring is 1. The van der Waals surface area contributed by atoms with E-state index in [1.54, 1.807) is 35.8 Å². The van der Waals surface area contributed by atoms with Crippen LogP contribution in [0, 0.1) is 5.82 Å². The number of phenols is 1. The van der Waals surface area contributed by atoms with E-state index in [2.05, 4.69) is 25.4 Å². The smallest absolute Gasteiger partial charge is 0.240 e. The van der Waals surface area contributed by atoms with Crippen LogP contribution in [0.15, 0.2) is 55.0 Å². The van der Waals surface area contributed by atoms with Crippen molar-refractivity contribution in [2.24, 2.45) is 0 Å². The largest absolute Gasteiger partial charge is 0.506 e. The molecule has 2 aromatic carbocycles. The average Bonchev–Trinajstić information content (AvgIpc) is 3.45. The van der Waals surface area contributed by atoms with E-state index in [0.717, 1.165) is 5.56 Å². The molecule has 1 aliphatic rings. The van der Waals surface area contributed by atoms with Crippen molar-refractivity contribution in [1.29, 1.82) is 0 Å². The lowest BCUT2D eigenvalue weighted by molar-refractivity contribution is -0.119. The van der Waals surface area contributed by atoms with Crippen molar-refractivity contribution < 1.29 is 14.3 Å². The van der Waals surface area contributed by atoms with Crippen molar-refractivity contribution in [2.75, 3.05) is 11.1 Å². The topological polar surface area (TPSA) is 144 Å². The molecule has 3 aromatic heterocycles. The molecule has 0 saturated carbocycles. The summed E-state index contributed by atoms with van der Waals surface area (Å²) in [7, 11) is 0. The molecule has 10 nitrogen and oxygen atoms in total. The molecular weight excluding hydrogens is 499 g/mol. The SMILES string of the molecule is C[C@@]1(c2ccc(O)c(Cl)c2)C(=O)Nc2nc(-c3cn4ncnc4c(Cc4ccc(F)cc4)n3)nc(N)c21. The number of fused-ring (bicyclic) bond motifs is 2. The highest BCUT2D eigenvalue weighted by molar-refractivity contribution is 6.32. The van der Waals surface area contributed by atoms with Gasteiger partial charge < -0.3 is 16.2 Å². The monoisotopic (exact) mass is 516 g/mol. The summed E-state index contributed by atoms with van der Waals surface area (Å²) in [5.74, 6) is -0.270. The van der Waals surface area contributed by atoms with Crippen molar-refractivity contribution in [3.8, 4) is 17.3 Å². The number of hydrogen-bond acceptors (Lipinski definition) is 8. The number of rotatable bonds is 4. The van der Waals surface area contributed by atoms with Crippen molar-refractivity contribution in [1.82, 2.24) is 29.5 Å². The second kappa shape index (κ2) is 8.20. The number of anilines is 2. The number of carbonyl (C=O) groups excluding carboxylic acids is 1. The molecule has 1 aliphatic heterocycles. The van der Waals surface area contributed by atoms with Crippen molar-refractivity contribution in [3.63, 3.8) is 0 Å². The first-order chi connectivity index (χ1) is 17.7. The highest BCUT2D eigenvalue weighted by Crippen LogP contribution is 2.46. The maximum absolute atomic E-state index is 13.4. The molecule has 0 radical (unpaired) electrons. The van der Waals surface area contributed by atoms with Crippen LogP contribution < -0.4 is 11.1 Å². The molecule has 12 heteroatoms. The predicted octanol–water partition coefficient (Wildman–Crippen LogP) is 3.51. The minimum absolute atomic E-state index is 0.0885. The van der Waals surface area contributed by atoms with Gasteiger partial charge in [-0.3, -0.25) is 4.79 Å². The van der Waals surface area contributed by atoms with Crippen LogP contribution >= 0.6 is 11.6 Å². The van der Waals surface area contributed by atoms with Gasteiger partial charge in [0.05, 0.1) is 22.5 Å². The lowest BCUT2D eigenvalue weighted by Gasteiger charge is -2.23. The number of nitrogens with two attached hydrogens (primary N) is 1. The van der Waals surface area contributed by atoms with Gasteiger partial charge in [-0.25, -0.2) is 28.8 Å². The zero-order valence-electron chi connectivity index (χ0n) is 19.3. The minimum Gasteiger partial charge on any atom is -0.506 e. The number of nitrogens with zero attached hydrogens (tertiary/aromatic N) is 6. The third-order valence-corrected chi connectivity index (χ3v) is 6.80. The first-order valence-electron chi connectivity index (χ1n) is 11.2. The molecule has 0 unspecified atom stereocenters. The van der Waals surface area contributed by atoms with Crippen LogP contribution in [0.4, 0.5) is 16.0 Å². The Labute approximate surface area is 214 Å². The minimum atomic E-state index is -1.23. The number of carbonyl (C=O) groups is 1. The Morgan fingerprint density at radius 2 is 1.95 bits per heavy atom. The molecule has 1 atom stereocenters. The van der Waals surface area contributed by atoms with E-state index in [0.29, 0.717) is 34.6 Å². The van der Waals surface area contributed by atoms with Crippen molar-refractivity contribution >= 4 is 34.8 Å².